The molecule has 2 rings (SSSR count). The molecule has 0 fully saturated rings. The Morgan fingerprint density at radius 1 is 1.26 bits per heavy atom. The number of benzene rings is 1. The number of nitrogens with one attached hydrogen (secondary N) is 1. The summed E-state index contributed by atoms with van der Waals surface area (Å²) >= 11 is 13.7. The van der Waals surface area contributed by atoms with Crippen molar-refractivity contribution in [2.24, 2.45) is 5.92 Å². The van der Waals surface area contributed by atoms with Crippen LogP contribution in [0, 0.1) is 5.92 Å². The summed E-state index contributed by atoms with van der Waals surface area (Å²) in [6.45, 7) is 6.53. The van der Waals surface area contributed by atoms with Gasteiger partial charge in [0.05, 0.1) is 5.75 Å². The van der Waals surface area contributed by atoms with E-state index in [0.29, 0.717) is 35.3 Å². The molecule has 0 saturated heterocycles. The lowest BCUT2D eigenvalue weighted by Crippen LogP contribution is -2.42. The maximum atomic E-state index is 13.1. The summed E-state index contributed by atoms with van der Waals surface area (Å²) in [5, 5.41) is 1.08. The number of aromatic nitrogens is 2. The number of H-pyrrole nitrogens is 1. The molecule has 0 spiro atoms. The standard InChI is InChI=1S/C21H28Cl2N4O3S/c1-4-5-9-26(17(28)12-31-11-14-15(22)7-6-8-16(14)23)18-19(24)27(10-13(2)3)21(30)25-20(18)29/h6-8,13H,4-5,9-12,24H2,1-3H3,(H,25,29,30). The number of aromatic amines is 1. The molecule has 1 amide bonds. The van der Waals surface area contributed by atoms with E-state index in [2.05, 4.69) is 4.98 Å². The summed E-state index contributed by atoms with van der Waals surface area (Å²) in [6.07, 6.45) is 1.52. The number of amides is 1. The predicted molar refractivity (Wildman–Crippen MR) is 130 cm³/mol. The van der Waals surface area contributed by atoms with E-state index < -0.39 is 11.2 Å². The number of unbranched alkanes of at least 4 members (excludes halogenated alkanes) is 1. The second kappa shape index (κ2) is 11.6. The minimum atomic E-state index is -0.661. The zero-order chi connectivity index (χ0) is 23.1. The monoisotopic (exact) mass is 486 g/mol. The fourth-order valence-electron chi connectivity index (χ4n) is 3.05. The number of carbonyl (C=O) groups excluding carboxylic acids is 1. The summed E-state index contributed by atoms with van der Waals surface area (Å²) < 4.78 is 1.31. The van der Waals surface area contributed by atoms with Crippen molar-refractivity contribution >= 4 is 52.4 Å². The fraction of sp³-hybridized carbons (Fsp3) is 0.476. The Kier molecular flexibility index (Phi) is 9.53. The Bertz CT molecular complexity index is 1020. The molecule has 0 unspecified atom stereocenters. The molecule has 7 nitrogen and oxygen atoms in total. The molecular formula is C21H28Cl2N4O3S. The minimum Gasteiger partial charge on any atom is -0.383 e. The second-order valence-corrected chi connectivity index (χ2v) is 9.39. The molecule has 3 N–H and O–H groups in total. The molecule has 0 aliphatic rings. The lowest BCUT2D eigenvalue weighted by atomic mass is 10.2. The van der Waals surface area contributed by atoms with Crippen LogP contribution in [0.4, 0.5) is 11.5 Å². The molecule has 2 aromatic rings. The first kappa shape index (κ1) is 25.4. The number of hydrogen-bond acceptors (Lipinski definition) is 5. The Labute approximate surface area is 195 Å². The molecular weight excluding hydrogens is 459 g/mol. The average molecular weight is 487 g/mol. The topological polar surface area (TPSA) is 101 Å². The van der Waals surface area contributed by atoms with Crippen LogP contribution in [-0.2, 0) is 17.1 Å². The van der Waals surface area contributed by atoms with E-state index in [1.807, 2.05) is 20.8 Å². The van der Waals surface area contributed by atoms with Gasteiger partial charge in [0.15, 0.2) is 5.69 Å². The molecule has 0 radical (unpaired) electrons. The van der Waals surface area contributed by atoms with Crippen molar-refractivity contribution in [3.63, 3.8) is 0 Å². The Hall–Kier alpha value is -1.90. The van der Waals surface area contributed by atoms with Crippen LogP contribution in [-0.4, -0.2) is 27.8 Å². The van der Waals surface area contributed by atoms with Crippen molar-refractivity contribution in [2.45, 2.75) is 45.9 Å². The molecule has 31 heavy (non-hydrogen) atoms. The van der Waals surface area contributed by atoms with Gasteiger partial charge in [-0.15, -0.1) is 11.8 Å². The van der Waals surface area contributed by atoms with Crippen molar-refractivity contribution in [3.8, 4) is 0 Å². The van der Waals surface area contributed by atoms with Crippen LogP contribution in [0.2, 0.25) is 10.0 Å². The second-order valence-electron chi connectivity index (χ2n) is 7.59. The van der Waals surface area contributed by atoms with Gasteiger partial charge in [0, 0.05) is 28.9 Å². The van der Waals surface area contributed by atoms with E-state index in [0.717, 1.165) is 12.0 Å². The summed E-state index contributed by atoms with van der Waals surface area (Å²) in [5.74, 6) is 0.423. The lowest BCUT2D eigenvalue weighted by Gasteiger charge is -2.25. The first-order chi connectivity index (χ1) is 14.7. The average Bonchev–Trinajstić information content (AvgIpc) is 2.69. The van der Waals surface area contributed by atoms with E-state index in [9.17, 15) is 14.4 Å². The predicted octanol–water partition coefficient (Wildman–Crippen LogP) is 4.15. The van der Waals surface area contributed by atoms with E-state index in [1.165, 1.54) is 21.2 Å². The molecule has 0 saturated carbocycles. The van der Waals surface area contributed by atoms with Gasteiger partial charge in [-0.2, -0.15) is 0 Å². The van der Waals surface area contributed by atoms with Gasteiger partial charge in [-0.1, -0.05) is 56.5 Å². The van der Waals surface area contributed by atoms with Crippen molar-refractivity contribution in [2.75, 3.05) is 22.9 Å². The van der Waals surface area contributed by atoms with Crippen LogP contribution in [0.3, 0.4) is 0 Å². The van der Waals surface area contributed by atoms with Gasteiger partial charge in [-0.25, -0.2) is 4.79 Å². The third-order valence-electron chi connectivity index (χ3n) is 4.60. The van der Waals surface area contributed by atoms with Crippen LogP contribution in [0.1, 0.15) is 39.2 Å². The molecule has 1 aromatic carbocycles. The number of carbonyl (C=O) groups is 1. The quantitative estimate of drug-likeness (QED) is 0.525. The van der Waals surface area contributed by atoms with Crippen molar-refractivity contribution in [3.05, 3.63) is 54.6 Å². The zero-order valence-corrected chi connectivity index (χ0v) is 20.2. The first-order valence-electron chi connectivity index (χ1n) is 10.1. The SMILES string of the molecule is CCCCN(C(=O)CSCc1c(Cl)cccc1Cl)c1c(N)n(CC(C)C)c(=O)[nH]c1=O. The highest BCUT2D eigenvalue weighted by Crippen LogP contribution is 2.28. The number of nitrogens with zero attached hydrogens (tertiary/aromatic N) is 2. The maximum absolute atomic E-state index is 13.1. The highest BCUT2D eigenvalue weighted by molar-refractivity contribution is 7.99. The number of hydrogen-bond donors (Lipinski definition) is 2. The van der Waals surface area contributed by atoms with Gasteiger partial charge in [-0.3, -0.25) is 19.1 Å². The maximum Gasteiger partial charge on any atom is 0.330 e. The number of halogens is 2. The molecule has 0 atom stereocenters. The highest BCUT2D eigenvalue weighted by atomic mass is 35.5. The summed E-state index contributed by atoms with van der Waals surface area (Å²) in [6, 6.07) is 5.26. The van der Waals surface area contributed by atoms with Gasteiger partial charge in [0.25, 0.3) is 5.56 Å². The van der Waals surface area contributed by atoms with Gasteiger partial charge < -0.3 is 10.6 Å². The van der Waals surface area contributed by atoms with E-state index in [-0.39, 0.29) is 29.1 Å². The van der Waals surface area contributed by atoms with Crippen LogP contribution in [0.25, 0.3) is 0 Å². The highest BCUT2D eigenvalue weighted by Gasteiger charge is 2.24. The Balaban J connectivity index is 2.30. The van der Waals surface area contributed by atoms with Crippen LogP contribution in [0.15, 0.2) is 27.8 Å². The van der Waals surface area contributed by atoms with Crippen molar-refractivity contribution in [1.82, 2.24) is 9.55 Å². The number of thioether (sulfide) groups is 1. The van der Waals surface area contributed by atoms with Crippen molar-refractivity contribution in [1.29, 1.82) is 0 Å². The van der Waals surface area contributed by atoms with Crippen molar-refractivity contribution < 1.29 is 4.79 Å². The van der Waals surface area contributed by atoms with E-state index >= 15 is 0 Å². The molecule has 170 valence electrons. The largest absolute Gasteiger partial charge is 0.383 e. The zero-order valence-electron chi connectivity index (χ0n) is 17.9. The smallest absolute Gasteiger partial charge is 0.330 e. The Morgan fingerprint density at radius 3 is 2.48 bits per heavy atom. The summed E-state index contributed by atoms with van der Waals surface area (Å²) in [5.41, 5.74) is 5.75. The van der Waals surface area contributed by atoms with E-state index in [1.54, 1.807) is 18.2 Å². The number of rotatable bonds is 10. The summed E-state index contributed by atoms with van der Waals surface area (Å²) in [4.78, 5) is 41.6. The number of anilines is 2. The number of nitrogen functional groups attached to an aromatic ring is 1. The molecule has 0 aliphatic heterocycles. The van der Waals surface area contributed by atoms with Gasteiger partial charge >= 0.3 is 5.69 Å². The summed E-state index contributed by atoms with van der Waals surface area (Å²) in [7, 11) is 0. The van der Waals surface area contributed by atoms with Crippen LogP contribution in [0.5, 0.6) is 0 Å². The van der Waals surface area contributed by atoms with E-state index in [4.69, 9.17) is 28.9 Å². The molecule has 1 heterocycles. The van der Waals surface area contributed by atoms with Gasteiger partial charge in [0.1, 0.15) is 5.82 Å². The number of nitrogens with two attached hydrogens (primary N) is 1. The Morgan fingerprint density at radius 2 is 1.90 bits per heavy atom. The van der Waals surface area contributed by atoms with Gasteiger partial charge in [-0.05, 0) is 30.0 Å². The molecule has 0 aliphatic carbocycles. The van der Waals surface area contributed by atoms with Crippen LogP contribution < -0.4 is 21.9 Å². The fourth-order valence-corrected chi connectivity index (χ4v) is 4.69. The normalized spacial score (nSPS) is 11.2. The third-order valence-corrected chi connectivity index (χ3v) is 6.25. The molecule has 10 heteroatoms. The molecule has 1 aromatic heterocycles. The first-order valence-corrected chi connectivity index (χ1v) is 12.0. The minimum absolute atomic E-state index is 0.00560. The lowest BCUT2D eigenvalue weighted by molar-refractivity contribution is -0.116. The third kappa shape index (κ3) is 6.54. The van der Waals surface area contributed by atoms with Crippen LogP contribution >= 0.6 is 35.0 Å². The molecule has 0 bridgehead atoms. The van der Waals surface area contributed by atoms with Gasteiger partial charge in [0.2, 0.25) is 5.91 Å².